The summed E-state index contributed by atoms with van der Waals surface area (Å²) >= 11 is 0. The van der Waals surface area contributed by atoms with Gasteiger partial charge in [0.15, 0.2) is 31.2 Å². The Morgan fingerprint density at radius 3 is 1.77 bits per heavy atom. The quantitative estimate of drug-likeness (QED) is 0.0370. The van der Waals surface area contributed by atoms with Crippen LogP contribution in [-0.2, 0) is 52.9 Å². The van der Waals surface area contributed by atoms with E-state index in [0.29, 0.717) is 36.3 Å². The molecule has 4 rings (SSSR count). The monoisotopic (exact) mass is 1320 g/mol. The van der Waals surface area contributed by atoms with Crippen LogP contribution in [0.3, 0.4) is 0 Å². The van der Waals surface area contributed by atoms with Crippen molar-refractivity contribution in [2.45, 2.75) is 290 Å². The summed E-state index contributed by atoms with van der Waals surface area (Å²) in [6, 6.07) is 15.3. The number of benzene rings is 2. The molecule has 0 spiro atoms. The molecule has 0 aromatic heterocycles. The summed E-state index contributed by atoms with van der Waals surface area (Å²) in [6.07, 6.45) is -4.43. The Morgan fingerprint density at radius 1 is 0.750 bits per heavy atom. The highest BCUT2D eigenvalue weighted by atomic mass is 28.4. The summed E-state index contributed by atoms with van der Waals surface area (Å²) in [5, 5.41) is 2.64. The number of nitrogens with one attached hydrogen (secondary N) is 1. The molecule has 1 N–H and O–H groups in total. The molecule has 2 aliphatic rings. The molecule has 0 aliphatic carbocycles. The number of amides is 1. The SMILES string of the molecule is C=C1C[C@](OC)([C@H](OC(=O)c2ccccc2)C(=O)N[C@@H](OC)[C@@H]2C[C@@H](O[Si](CC)(CC)CC)C(C)(C)[C@@H](C[C@H](O[Si](C)(C)C)[C@@H](C)[C@@H](Cc3cc(O[Si](C)(C)C(C)(C)C)cc(O[Si](C)(C)C(C)(C)C)c3C(=O)OC)O[Si](C)(C)C(C)(C)C)O2)O[C@H](C)[C@@H]1C. The zero-order valence-corrected chi connectivity index (χ0v) is 65.2. The van der Waals surface area contributed by atoms with E-state index in [1.54, 1.807) is 37.4 Å². The summed E-state index contributed by atoms with van der Waals surface area (Å²) in [7, 11) is -7.91. The first kappa shape index (κ1) is 77.4. The molecule has 1 amide bonds. The van der Waals surface area contributed by atoms with Gasteiger partial charge in [-0.15, -0.1) is 0 Å². The molecule has 0 saturated carbocycles. The fraction of sp³-hybridized carbons (Fsp3) is 0.750. The maximum atomic E-state index is 15.3. The van der Waals surface area contributed by atoms with Crippen LogP contribution in [0.5, 0.6) is 11.5 Å². The number of hydrogen-bond donors (Lipinski definition) is 1. The van der Waals surface area contributed by atoms with Gasteiger partial charge in [0, 0.05) is 50.4 Å². The third kappa shape index (κ3) is 18.6. The Bertz CT molecular complexity index is 2650. The minimum atomic E-state index is -2.61. The van der Waals surface area contributed by atoms with E-state index < -0.39 is 113 Å². The van der Waals surface area contributed by atoms with Crippen molar-refractivity contribution in [1.29, 1.82) is 0 Å². The normalized spacial score (nSPS) is 23.5. The molecule has 2 fully saturated rings. The first-order chi connectivity index (χ1) is 40.1. The van der Waals surface area contributed by atoms with Gasteiger partial charge in [-0.25, -0.2) is 9.59 Å². The summed E-state index contributed by atoms with van der Waals surface area (Å²) in [6.45, 7) is 61.6. The van der Waals surface area contributed by atoms with Crippen molar-refractivity contribution in [2.24, 2.45) is 17.3 Å². The van der Waals surface area contributed by atoms with Gasteiger partial charge in [0.25, 0.3) is 14.2 Å². The van der Waals surface area contributed by atoms with E-state index in [1.165, 1.54) is 14.2 Å². The Kier molecular flexibility index (Phi) is 26.0. The van der Waals surface area contributed by atoms with Crippen LogP contribution in [0, 0.1) is 17.3 Å². The molecule has 2 aromatic rings. The number of hydrogen-bond acceptors (Lipinski definition) is 14. The molecule has 2 aliphatic heterocycles. The van der Waals surface area contributed by atoms with Gasteiger partial charge in [0.1, 0.15) is 23.2 Å². The molecule has 0 unspecified atom stereocenters. The van der Waals surface area contributed by atoms with E-state index in [9.17, 15) is 9.59 Å². The summed E-state index contributed by atoms with van der Waals surface area (Å²) in [5.74, 6) is -2.86. The number of methoxy groups -OCH3 is 3. The van der Waals surface area contributed by atoms with Gasteiger partial charge in [-0.2, -0.15) is 0 Å². The van der Waals surface area contributed by atoms with E-state index in [-0.39, 0.29) is 45.0 Å². The minimum Gasteiger partial charge on any atom is -0.543 e. The highest BCUT2D eigenvalue weighted by Gasteiger charge is 2.56. The van der Waals surface area contributed by atoms with E-state index in [2.05, 4.69) is 175 Å². The fourth-order valence-electron chi connectivity index (χ4n) is 11.0. The third-order valence-corrected chi connectivity index (χ3v) is 39.6. The lowest BCUT2D eigenvalue weighted by Gasteiger charge is -2.53. The maximum Gasteiger partial charge on any atom is 0.341 e. The second-order valence-corrected chi connectivity index (χ2v) is 54.9. The van der Waals surface area contributed by atoms with Gasteiger partial charge in [-0.1, -0.05) is 141 Å². The number of rotatable bonds is 28. The average molecular weight is 1320 g/mol. The van der Waals surface area contributed by atoms with Crippen LogP contribution in [0.4, 0.5) is 0 Å². The average Bonchev–Trinajstić information content (AvgIpc) is 0.984. The van der Waals surface area contributed by atoms with Crippen molar-refractivity contribution in [1.82, 2.24) is 5.32 Å². The van der Waals surface area contributed by atoms with Crippen LogP contribution in [0.1, 0.15) is 163 Å². The zero-order valence-electron chi connectivity index (χ0n) is 60.2. The van der Waals surface area contributed by atoms with Crippen LogP contribution in [0.2, 0.25) is 92.2 Å². The van der Waals surface area contributed by atoms with Gasteiger partial charge in [-0.05, 0) is 136 Å². The molecule has 0 radical (unpaired) electrons. The van der Waals surface area contributed by atoms with Gasteiger partial charge in [0.2, 0.25) is 20.2 Å². The number of carbonyl (C=O) groups is 3. The predicted molar refractivity (Wildman–Crippen MR) is 368 cm³/mol. The number of ether oxygens (including phenoxy) is 6. The first-order valence-corrected chi connectivity index (χ1v) is 47.1. The summed E-state index contributed by atoms with van der Waals surface area (Å²) in [4.78, 5) is 44.0. The van der Waals surface area contributed by atoms with Gasteiger partial charge < -0.3 is 55.9 Å². The highest BCUT2D eigenvalue weighted by molar-refractivity contribution is 6.76. The molecule has 0 bridgehead atoms. The lowest BCUT2D eigenvalue weighted by Crippen LogP contribution is -2.64. The first-order valence-electron chi connectivity index (χ1n) is 32.5. The predicted octanol–water partition coefficient (Wildman–Crippen LogP) is 16.7. The standard InChI is InChI=1S/C68H121NO14Si5/c1-31-88(32-2,33-3)83-57-43-55(61(73-19)69-60(70)59(77-62(71)49-37-35-34-36-38-49)68(75-21)44-45(4)46(5)48(7)78-68)76-56(67(57,17)18)42-53(80-84(22,23)24)47(6)52(81-86(27,28)65(11,12)13)40-50-39-51(79-85(25,26)64(8,9)10)41-54(58(50)63(72)74-20)82-87(29,30)66(14,15)16/h34-39,41,46-48,52-53,55-57,59,61H,4,31-33,40,42-44H2,1-3,5-30H3,(H,69,70)/t46-,47+,48-,52-,53+,55+,56-,57-,59-,61+,68-/m1/s1. The highest BCUT2D eigenvalue weighted by Crippen LogP contribution is 2.49. The molecule has 2 saturated heterocycles. The van der Waals surface area contributed by atoms with Crippen molar-refractivity contribution >= 4 is 59.4 Å². The summed E-state index contributed by atoms with van der Waals surface area (Å²) < 4.78 is 75.7. The van der Waals surface area contributed by atoms with Crippen LogP contribution in [0.15, 0.2) is 54.6 Å². The second-order valence-electron chi connectivity index (χ2n) is 31.5. The van der Waals surface area contributed by atoms with E-state index in [1.807, 2.05) is 26.0 Å². The largest absolute Gasteiger partial charge is 0.543 e. The van der Waals surface area contributed by atoms with E-state index in [4.69, 9.17) is 50.6 Å². The summed E-state index contributed by atoms with van der Waals surface area (Å²) in [5.41, 5.74) is 1.54. The lowest BCUT2D eigenvalue weighted by molar-refractivity contribution is -0.297. The Labute approximate surface area is 538 Å². The lowest BCUT2D eigenvalue weighted by atomic mass is 9.73. The third-order valence-electron chi connectivity index (χ3n) is 20.8. The molecule has 11 atom stereocenters. The molecule has 88 heavy (non-hydrogen) atoms. The van der Waals surface area contributed by atoms with E-state index in [0.717, 1.165) is 29.3 Å². The van der Waals surface area contributed by atoms with Crippen LogP contribution < -0.4 is 14.2 Å². The molecule has 2 heterocycles. The molecule has 15 nitrogen and oxygen atoms in total. The van der Waals surface area contributed by atoms with Gasteiger partial charge in [-0.3, -0.25) is 4.79 Å². The zero-order chi connectivity index (χ0) is 67.4. The Balaban J connectivity index is 1.99. The van der Waals surface area contributed by atoms with Crippen LogP contribution >= 0.6 is 0 Å². The van der Waals surface area contributed by atoms with Crippen LogP contribution in [-0.4, -0.2) is 136 Å². The van der Waals surface area contributed by atoms with Crippen LogP contribution in [0.25, 0.3) is 0 Å². The Hall–Kier alpha value is -3.01. The minimum absolute atomic E-state index is 0.0536. The van der Waals surface area contributed by atoms with Crippen molar-refractivity contribution in [2.75, 3.05) is 21.3 Å². The van der Waals surface area contributed by atoms with Gasteiger partial charge >= 0.3 is 11.9 Å². The fourth-order valence-corrected chi connectivity index (χ4v) is 18.7. The second kappa shape index (κ2) is 29.5. The smallest absolute Gasteiger partial charge is 0.341 e. The molecular formula is C68H121NO14Si5. The van der Waals surface area contributed by atoms with Crippen molar-refractivity contribution in [3.63, 3.8) is 0 Å². The molecule has 20 heteroatoms. The van der Waals surface area contributed by atoms with Crippen molar-refractivity contribution < 1.29 is 64.9 Å². The maximum absolute atomic E-state index is 15.3. The Morgan fingerprint density at radius 2 is 1.30 bits per heavy atom. The van der Waals surface area contributed by atoms with Crippen molar-refractivity contribution in [3.8, 4) is 11.5 Å². The molecule has 502 valence electrons. The topological polar surface area (TPSA) is 165 Å². The van der Waals surface area contributed by atoms with Gasteiger partial charge in [0.05, 0.1) is 43.2 Å². The van der Waals surface area contributed by atoms with Crippen molar-refractivity contribution in [3.05, 3.63) is 71.3 Å². The van der Waals surface area contributed by atoms with E-state index >= 15 is 4.79 Å². The number of carbonyl (C=O) groups excluding carboxylic acids is 3. The molecular weight excluding hydrogens is 1200 g/mol. The molecule has 2 aromatic carbocycles. The number of esters is 2.